The van der Waals surface area contributed by atoms with Crippen molar-refractivity contribution < 1.29 is 19.4 Å². The molecule has 0 aliphatic rings. The lowest BCUT2D eigenvalue weighted by atomic mass is 10.1. The van der Waals surface area contributed by atoms with Gasteiger partial charge in [-0.25, -0.2) is 0 Å². The fourth-order valence-corrected chi connectivity index (χ4v) is 2.71. The number of hydrogen-bond donors (Lipinski definition) is 2. The molecule has 2 N–H and O–H groups in total. The van der Waals surface area contributed by atoms with Crippen LogP contribution in [0.2, 0.25) is 5.02 Å². The summed E-state index contributed by atoms with van der Waals surface area (Å²) in [5.74, 6) is 1.14. The zero-order chi connectivity index (χ0) is 18.2. The van der Waals surface area contributed by atoms with Gasteiger partial charge in [0.1, 0.15) is 5.75 Å². The number of nitrogens with one attached hydrogen (secondary N) is 1. The lowest BCUT2D eigenvalue weighted by molar-refractivity contribution is -0.121. The third-order valence-electron chi connectivity index (χ3n) is 3.68. The second-order valence-electron chi connectivity index (χ2n) is 5.45. The number of benzene rings is 2. The smallest absolute Gasteiger partial charge is 0.220 e. The molecule has 0 aliphatic carbocycles. The van der Waals surface area contributed by atoms with Gasteiger partial charge in [0, 0.05) is 13.0 Å². The Morgan fingerprint density at radius 3 is 2.72 bits per heavy atom. The topological polar surface area (TPSA) is 67.8 Å². The van der Waals surface area contributed by atoms with Gasteiger partial charge in [0.2, 0.25) is 5.91 Å². The van der Waals surface area contributed by atoms with Gasteiger partial charge in [0.15, 0.2) is 11.5 Å². The van der Waals surface area contributed by atoms with Crippen LogP contribution in [0.1, 0.15) is 24.5 Å². The normalized spacial score (nSPS) is 10.4. The average Bonchev–Trinajstić information content (AvgIpc) is 2.61. The molecule has 0 aliphatic heterocycles. The highest BCUT2D eigenvalue weighted by molar-refractivity contribution is 6.32. The number of carbonyl (C=O) groups excluding carboxylic acids is 1. The quantitative estimate of drug-likeness (QED) is 0.750. The van der Waals surface area contributed by atoms with Crippen molar-refractivity contribution >= 4 is 17.5 Å². The molecule has 1 amide bonds. The molecule has 134 valence electrons. The Balaban J connectivity index is 1.93. The van der Waals surface area contributed by atoms with Crippen molar-refractivity contribution in [2.24, 2.45) is 0 Å². The number of carbonyl (C=O) groups is 1. The van der Waals surface area contributed by atoms with Crippen molar-refractivity contribution in [3.05, 3.63) is 52.5 Å². The first-order valence-electron chi connectivity index (χ1n) is 8.08. The summed E-state index contributed by atoms with van der Waals surface area (Å²) in [6.07, 6.45) is 0.769. The summed E-state index contributed by atoms with van der Waals surface area (Å²) in [5, 5.41) is 13.0. The Bertz CT molecular complexity index is 733. The van der Waals surface area contributed by atoms with Gasteiger partial charge in [0.25, 0.3) is 0 Å². The minimum atomic E-state index is -0.104. The monoisotopic (exact) mass is 363 g/mol. The molecule has 0 unspecified atom stereocenters. The number of methoxy groups -OCH3 is 1. The minimum absolute atomic E-state index is 0.104. The number of halogens is 1. The third kappa shape index (κ3) is 5.29. The predicted octanol–water partition coefficient (Wildman–Crippen LogP) is 3.70. The van der Waals surface area contributed by atoms with Crippen molar-refractivity contribution in [1.29, 1.82) is 0 Å². The number of ether oxygens (including phenoxy) is 2. The zero-order valence-corrected chi connectivity index (χ0v) is 15.1. The van der Waals surface area contributed by atoms with Gasteiger partial charge in [0.05, 0.1) is 18.7 Å². The number of aryl methyl sites for hydroxylation is 1. The molecule has 0 saturated carbocycles. The number of para-hydroxylation sites is 1. The van der Waals surface area contributed by atoms with Gasteiger partial charge >= 0.3 is 0 Å². The molecular weight excluding hydrogens is 342 g/mol. The van der Waals surface area contributed by atoms with E-state index in [1.807, 2.05) is 13.0 Å². The van der Waals surface area contributed by atoms with E-state index < -0.39 is 0 Å². The molecular formula is C19H22ClNO4. The van der Waals surface area contributed by atoms with Crippen LogP contribution < -0.4 is 14.8 Å². The number of aromatic hydroxyl groups is 1. The lowest BCUT2D eigenvalue weighted by Crippen LogP contribution is -2.23. The van der Waals surface area contributed by atoms with E-state index in [9.17, 15) is 9.90 Å². The van der Waals surface area contributed by atoms with Crippen LogP contribution in [0.4, 0.5) is 0 Å². The lowest BCUT2D eigenvalue weighted by Gasteiger charge is -2.13. The summed E-state index contributed by atoms with van der Waals surface area (Å²) in [4.78, 5) is 12.0. The van der Waals surface area contributed by atoms with Crippen molar-refractivity contribution in [3.8, 4) is 17.2 Å². The number of amides is 1. The van der Waals surface area contributed by atoms with Crippen LogP contribution in [0.3, 0.4) is 0 Å². The molecule has 0 fully saturated rings. The molecule has 0 saturated heterocycles. The minimum Gasteiger partial charge on any atom is -0.508 e. The van der Waals surface area contributed by atoms with Crippen molar-refractivity contribution in [3.63, 3.8) is 0 Å². The van der Waals surface area contributed by atoms with E-state index in [1.165, 1.54) is 0 Å². The largest absolute Gasteiger partial charge is 0.508 e. The Morgan fingerprint density at radius 1 is 1.28 bits per heavy atom. The summed E-state index contributed by atoms with van der Waals surface area (Å²) in [5.41, 5.74) is 1.57. The van der Waals surface area contributed by atoms with Crippen LogP contribution in [0.25, 0.3) is 0 Å². The number of rotatable bonds is 8. The summed E-state index contributed by atoms with van der Waals surface area (Å²) in [6.45, 7) is 2.69. The molecule has 2 rings (SSSR count). The van der Waals surface area contributed by atoms with Gasteiger partial charge < -0.3 is 19.9 Å². The first-order chi connectivity index (χ1) is 12.0. The molecule has 0 bridgehead atoms. The fraction of sp³-hybridized carbons (Fsp3) is 0.316. The summed E-state index contributed by atoms with van der Waals surface area (Å²) in [7, 11) is 1.54. The van der Waals surface area contributed by atoms with E-state index in [0.717, 1.165) is 11.1 Å². The molecule has 2 aromatic carbocycles. The van der Waals surface area contributed by atoms with Crippen LogP contribution >= 0.6 is 11.6 Å². The van der Waals surface area contributed by atoms with Crippen LogP contribution in [0.5, 0.6) is 17.2 Å². The average molecular weight is 364 g/mol. The van der Waals surface area contributed by atoms with Crippen molar-refractivity contribution in [2.75, 3.05) is 13.7 Å². The van der Waals surface area contributed by atoms with Gasteiger partial charge in [-0.2, -0.15) is 0 Å². The van der Waals surface area contributed by atoms with Crippen LogP contribution in [-0.4, -0.2) is 24.7 Å². The summed E-state index contributed by atoms with van der Waals surface area (Å²) in [6, 6.07) is 10.5. The molecule has 0 heterocycles. The van der Waals surface area contributed by atoms with E-state index in [2.05, 4.69) is 5.32 Å². The Hall–Kier alpha value is -2.40. The zero-order valence-electron chi connectivity index (χ0n) is 14.3. The maximum Gasteiger partial charge on any atom is 0.220 e. The number of phenolic OH excluding ortho intramolecular Hbond substituents is 1. The second kappa shape index (κ2) is 9.18. The summed E-state index contributed by atoms with van der Waals surface area (Å²) < 4.78 is 10.8. The molecule has 0 aromatic heterocycles. The molecule has 0 spiro atoms. The van der Waals surface area contributed by atoms with Crippen LogP contribution in [0.15, 0.2) is 36.4 Å². The van der Waals surface area contributed by atoms with Gasteiger partial charge in [-0.3, -0.25) is 4.79 Å². The summed E-state index contributed by atoms with van der Waals surface area (Å²) >= 11 is 6.22. The Kier molecular flexibility index (Phi) is 6.95. The van der Waals surface area contributed by atoms with E-state index in [1.54, 1.807) is 37.4 Å². The molecule has 0 atom stereocenters. The van der Waals surface area contributed by atoms with E-state index in [4.69, 9.17) is 21.1 Å². The molecule has 6 heteroatoms. The highest BCUT2D eigenvalue weighted by atomic mass is 35.5. The number of hydrogen-bond acceptors (Lipinski definition) is 4. The standard InChI is InChI=1S/C19H22ClNO4/c1-3-25-19-15(20)10-13(11-17(19)24-2)12-21-18(23)9-8-14-6-4-5-7-16(14)22/h4-7,10-11,22H,3,8-9,12H2,1-2H3,(H,21,23). The van der Waals surface area contributed by atoms with Crippen LogP contribution in [-0.2, 0) is 17.8 Å². The van der Waals surface area contributed by atoms with E-state index in [0.29, 0.717) is 42.5 Å². The van der Waals surface area contributed by atoms with Gasteiger partial charge in [-0.15, -0.1) is 0 Å². The highest BCUT2D eigenvalue weighted by Gasteiger charge is 2.12. The first-order valence-corrected chi connectivity index (χ1v) is 8.45. The second-order valence-corrected chi connectivity index (χ2v) is 5.85. The van der Waals surface area contributed by atoms with Crippen LogP contribution in [0, 0.1) is 0 Å². The SMILES string of the molecule is CCOc1c(Cl)cc(CNC(=O)CCc2ccccc2O)cc1OC. The van der Waals surface area contributed by atoms with Crippen molar-refractivity contribution in [2.45, 2.75) is 26.3 Å². The maximum absolute atomic E-state index is 12.0. The molecule has 2 aromatic rings. The number of phenols is 1. The fourth-order valence-electron chi connectivity index (χ4n) is 2.42. The predicted molar refractivity (Wildman–Crippen MR) is 97.4 cm³/mol. The highest BCUT2D eigenvalue weighted by Crippen LogP contribution is 2.36. The van der Waals surface area contributed by atoms with E-state index in [-0.39, 0.29) is 11.7 Å². The van der Waals surface area contributed by atoms with Crippen molar-refractivity contribution in [1.82, 2.24) is 5.32 Å². The third-order valence-corrected chi connectivity index (χ3v) is 3.96. The molecule has 25 heavy (non-hydrogen) atoms. The molecule has 0 radical (unpaired) electrons. The first kappa shape index (κ1) is 18.9. The van der Waals surface area contributed by atoms with E-state index >= 15 is 0 Å². The Labute approximate surface area is 152 Å². The van der Waals surface area contributed by atoms with Gasteiger partial charge in [-0.1, -0.05) is 29.8 Å². The maximum atomic E-state index is 12.0. The van der Waals surface area contributed by atoms with Gasteiger partial charge in [-0.05, 0) is 42.7 Å². The molecule has 5 nitrogen and oxygen atoms in total. The Morgan fingerprint density at radius 2 is 2.04 bits per heavy atom.